The van der Waals surface area contributed by atoms with Gasteiger partial charge in [0.2, 0.25) is 0 Å². The number of rotatable bonds is 7. The molecule has 1 unspecified atom stereocenters. The number of nitrogens with one attached hydrogen (secondary N) is 1. The fourth-order valence-corrected chi connectivity index (χ4v) is 1.67. The van der Waals surface area contributed by atoms with E-state index in [0.29, 0.717) is 18.1 Å². The highest BCUT2D eigenvalue weighted by Crippen LogP contribution is 2.19. The molecule has 0 saturated heterocycles. The maximum Gasteiger partial charge on any atom is 0.261 e. The van der Waals surface area contributed by atoms with Crippen molar-refractivity contribution in [1.82, 2.24) is 5.32 Å². The molecule has 1 N–H and O–H groups in total. The fraction of sp³-hybridized carbons (Fsp3) is 0.500. The van der Waals surface area contributed by atoms with Crippen LogP contribution in [-0.2, 0) is 4.74 Å². The molecular formula is C12H16ClF2NO. The second-order valence-electron chi connectivity index (χ2n) is 3.65. The molecule has 17 heavy (non-hydrogen) atoms. The van der Waals surface area contributed by atoms with Crippen LogP contribution in [-0.4, -0.2) is 26.7 Å². The van der Waals surface area contributed by atoms with Gasteiger partial charge in [-0.15, -0.1) is 0 Å². The van der Waals surface area contributed by atoms with E-state index in [-0.39, 0.29) is 6.04 Å². The third-order valence-electron chi connectivity index (χ3n) is 2.42. The van der Waals surface area contributed by atoms with Gasteiger partial charge in [0.1, 0.15) is 6.61 Å². The number of halogens is 3. The minimum atomic E-state index is -2.40. The Morgan fingerprint density at radius 3 is 2.47 bits per heavy atom. The molecule has 96 valence electrons. The van der Waals surface area contributed by atoms with Crippen LogP contribution in [0.25, 0.3) is 0 Å². The van der Waals surface area contributed by atoms with E-state index in [1.54, 1.807) is 12.1 Å². The Bertz CT molecular complexity index is 319. The molecule has 0 bridgehead atoms. The van der Waals surface area contributed by atoms with Crippen LogP contribution in [0.5, 0.6) is 0 Å². The molecule has 0 saturated carbocycles. The molecule has 1 atom stereocenters. The van der Waals surface area contributed by atoms with Gasteiger partial charge in [-0.05, 0) is 31.2 Å². The van der Waals surface area contributed by atoms with E-state index in [2.05, 4.69) is 5.32 Å². The minimum absolute atomic E-state index is 0.0879. The molecule has 5 heteroatoms. The van der Waals surface area contributed by atoms with E-state index in [1.807, 2.05) is 19.2 Å². The Morgan fingerprint density at radius 2 is 1.94 bits per heavy atom. The highest BCUT2D eigenvalue weighted by atomic mass is 35.5. The van der Waals surface area contributed by atoms with Crippen molar-refractivity contribution in [1.29, 1.82) is 0 Å². The predicted molar refractivity (Wildman–Crippen MR) is 64.7 cm³/mol. The molecule has 1 aromatic rings. The van der Waals surface area contributed by atoms with Crippen LogP contribution in [0.3, 0.4) is 0 Å². The summed E-state index contributed by atoms with van der Waals surface area (Å²) in [4.78, 5) is 0. The van der Waals surface area contributed by atoms with Gasteiger partial charge in [-0.25, -0.2) is 8.78 Å². The van der Waals surface area contributed by atoms with Gasteiger partial charge in [0, 0.05) is 17.7 Å². The summed E-state index contributed by atoms with van der Waals surface area (Å²) >= 11 is 5.79. The van der Waals surface area contributed by atoms with Crippen molar-refractivity contribution in [2.45, 2.75) is 18.9 Å². The van der Waals surface area contributed by atoms with Gasteiger partial charge in [-0.1, -0.05) is 23.7 Å². The number of ether oxygens (including phenoxy) is 1. The van der Waals surface area contributed by atoms with Crippen molar-refractivity contribution in [3.63, 3.8) is 0 Å². The number of alkyl halides is 2. The summed E-state index contributed by atoms with van der Waals surface area (Å²) in [5, 5.41) is 3.79. The smallest absolute Gasteiger partial charge is 0.261 e. The summed E-state index contributed by atoms with van der Waals surface area (Å²) in [6.45, 7) is -0.199. The first kappa shape index (κ1) is 14.4. The lowest BCUT2D eigenvalue weighted by atomic mass is 10.0. The number of hydrogen-bond donors (Lipinski definition) is 1. The monoisotopic (exact) mass is 263 g/mol. The van der Waals surface area contributed by atoms with E-state index in [1.165, 1.54) is 0 Å². The van der Waals surface area contributed by atoms with Gasteiger partial charge in [0.25, 0.3) is 6.43 Å². The molecule has 0 aliphatic heterocycles. The van der Waals surface area contributed by atoms with E-state index in [4.69, 9.17) is 16.3 Å². The average Bonchev–Trinajstić information content (AvgIpc) is 2.30. The van der Waals surface area contributed by atoms with Crippen molar-refractivity contribution in [3.05, 3.63) is 34.9 Å². The summed E-state index contributed by atoms with van der Waals surface area (Å²) in [5.41, 5.74) is 1.07. The lowest BCUT2D eigenvalue weighted by Gasteiger charge is -2.16. The fourth-order valence-electron chi connectivity index (χ4n) is 1.55. The summed E-state index contributed by atoms with van der Waals surface area (Å²) < 4.78 is 28.6. The maximum absolute atomic E-state index is 11.9. The summed E-state index contributed by atoms with van der Waals surface area (Å²) in [5.74, 6) is 0. The number of benzene rings is 1. The second-order valence-corrected chi connectivity index (χ2v) is 4.08. The van der Waals surface area contributed by atoms with Crippen molar-refractivity contribution in [2.24, 2.45) is 0 Å². The summed E-state index contributed by atoms with van der Waals surface area (Å²) in [7, 11) is 1.83. The SMILES string of the molecule is CNC(CCOCC(F)F)c1ccc(Cl)cc1. The van der Waals surface area contributed by atoms with Crippen molar-refractivity contribution in [2.75, 3.05) is 20.3 Å². The molecular weight excluding hydrogens is 248 g/mol. The average molecular weight is 264 g/mol. The maximum atomic E-state index is 11.9. The lowest BCUT2D eigenvalue weighted by Crippen LogP contribution is -2.19. The Labute approximate surface area is 105 Å². The topological polar surface area (TPSA) is 21.3 Å². The third kappa shape index (κ3) is 5.44. The highest BCUT2D eigenvalue weighted by molar-refractivity contribution is 6.30. The van der Waals surface area contributed by atoms with E-state index in [9.17, 15) is 8.78 Å². The molecule has 0 aromatic heterocycles. The van der Waals surface area contributed by atoms with Crippen molar-refractivity contribution < 1.29 is 13.5 Å². The van der Waals surface area contributed by atoms with E-state index in [0.717, 1.165) is 5.56 Å². The summed E-state index contributed by atoms with van der Waals surface area (Å²) in [6.07, 6.45) is -1.76. The first-order valence-electron chi connectivity index (χ1n) is 5.42. The zero-order valence-corrected chi connectivity index (χ0v) is 10.4. The molecule has 0 heterocycles. The Balaban J connectivity index is 2.40. The van der Waals surface area contributed by atoms with Gasteiger partial charge in [0.05, 0.1) is 0 Å². The first-order chi connectivity index (χ1) is 8.13. The molecule has 1 aromatic carbocycles. The van der Waals surface area contributed by atoms with Crippen LogP contribution in [0, 0.1) is 0 Å². The quantitative estimate of drug-likeness (QED) is 0.763. The zero-order chi connectivity index (χ0) is 12.7. The molecule has 1 rings (SSSR count). The standard InChI is InChI=1S/C12H16ClF2NO/c1-16-11(6-7-17-8-12(14)15)9-2-4-10(13)5-3-9/h2-5,11-12,16H,6-8H2,1H3. The first-order valence-corrected chi connectivity index (χ1v) is 5.80. The third-order valence-corrected chi connectivity index (χ3v) is 2.67. The summed E-state index contributed by atoms with van der Waals surface area (Å²) in [6, 6.07) is 7.53. The van der Waals surface area contributed by atoms with Crippen molar-refractivity contribution >= 4 is 11.6 Å². The van der Waals surface area contributed by atoms with Crippen LogP contribution in [0.1, 0.15) is 18.0 Å². The van der Waals surface area contributed by atoms with Crippen LogP contribution >= 0.6 is 11.6 Å². The van der Waals surface area contributed by atoms with Crippen LogP contribution in [0.15, 0.2) is 24.3 Å². The van der Waals surface area contributed by atoms with Crippen LogP contribution in [0.2, 0.25) is 5.02 Å². The molecule has 2 nitrogen and oxygen atoms in total. The molecule has 0 aliphatic carbocycles. The minimum Gasteiger partial charge on any atom is -0.375 e. The Hall–Kier alpha value is -0.710. The van der Waals surface area contributed by atoms with Gasteiger partial charge in [-0.3, -0.25) is 0 Å². The van der Waals surface area contributed by atoms with Gasteiger partial charge >= 0.3 is 0 Å². The molecule has 0 aliphatic rings. The Kier molecular flexibility index (Phi) is 6.40. The molecule has 0 radical (unpaired) electrons. The zero-order valence-electron chi connectivity index (χ0n) is 9.63. The molecule has 0 amide bonds. The van der Waals surface area contributed by atoms with Crippen LogP contribution in [0.4, 0.5) is 8.78 Å². The Morgan fingerprint density at radius 1 is 1.29 bits per heavy atom. The van der Waals surface area contributed by atoms with Gasteiger partial charge in [-0.2, -0.15) is 0 Å². The number of hydrogen-bond acceptors (Lipinski definition) is 2. The largest absolute Gasteiger partial charge is 0.375 e. The van der Waals surface area contributed by atoms with Gasteiger partial charge < -0.3 is 10.1 Å². The molecule has 0 spiro atoms. The van der Waals surface area contributed by atoms with E-state index < -0.39 is 13.0 Å². The normalized spacial score (nSPS) is 13.0. The molecule has 0 fully saturated rings. The van der Waals surface area contributed by atoms with Crippen molar-refractivity contribution in [3.8, 4) is 0 Å². The van der Waals surface area contributed by atoms with Gasteiger partial charge in [0.15, 0.2) is 0 Å². The highest BCUT2D eigenvalue weighted by Gasteiger charge is 2.09. The predicted octanol–water partition coefficient (Wildman–Crippen LogP) is 3.27. The second kappa shape index (κ2) is 7.58. The van der Waals surface area contributed by atoms with E-state index >= 15 is 0 Å². The van der Waals surface area contributed by atoms with Crippen LogP contribution < -0.4 is 5.32 Å². The lowest BCUT2D eigenvalue weighted by molar-refractivity contribution is 0.0145.